The molecule has 0 N–H and O–H groups in total. The predicted molar refractivity (Wildman–Crippen MR) is 103 cm³/mol. The molecule has 148 valence electrons. The van der Waals surface area contributed by atoms with E-state index < -0.39 is 18.2 Å². The third kappa shape index (κ3) is 5.91. The molecule has 0 radical (unpaired) electrons. The van der Waals surface area contributed by atoms with Crippen LogP contribution in [-0.2, 0) is 23.9 Å². The summed E-state index contributed by atoms with van der Waals surface area (Å²) in [6.07, 6.45) is 6.73. The van der Waals surface area contributed by atoms with E-state index in [1.165, 1.54) is 6.92 Å². The van der Waals surface area contributed by atoms with Crippen molar-refractivity contribution in [2.24, 2.45) is 11.8 Å². The number of fused-ring (bicyclic) bond motifs is 1. The highest BCUT2D eigenvalue weighted by Gasteiger charge is 2.40. The van der Waals surface area contributed by atoms with Gasteiger partial charge in [-0.3, -0.25) is 9.59 Å². The summed E-state index contributed by atoms with van der Waals surface area (Å²) < 4.78 is 11.2. The Hall–Kier alpha value is -2.17. The van der Waals surface area contributed by atoms with Crippen molar-refractivity contribution in [3.8, 4) is 0 Å². The van der Waals surface area contributed by atoms with Crippen LogP contribution in [0.2, 0.25) is 0 Å². The van der Waals surface area contributed by atoms with Gasteiger partial charge < -0.3 is 9.47 Å². The third-order valence-electron chi connectivity index (χ3n) is 5.09. The van der Waals surface area contributed by atoms with Crippen molar-refractivity contribution < 1.29 is 23.9 Å². The summed E-state index contributed by atoms with van der Waals surface area (Å²) in [4.78, 5) is 36.3. The van der Waals surface area contributed by atoms with Crippen LogP contribution in [0.25, 0.3) is 0 Å². The smallest absolute Gasteiger partial charge is 0.334 e. The van der Waals surface area contributed by atoms with Crippen molar-refractivity contribution in [2.45, 2.75) is 72.5 Å². The maximum Gasteiger partial charge on any atom is 0.334 e. The molecule has 0 aromatic heterocycles. The van der Waals surface area contributed by atoms with Crippen LogP contribution in [-0.4, -0.2) is 29.9 Å². The molecular formula is C22H30O5. The van der Waals surface area contributed by atoms with Crippen LogP contribution in [0.4, 0.5) is 0 Å². The van der Waals surface area contributed by atoms with Gasteiger partial charge in [-0.05, 0) is 32.3 Å². The Balaban J connectivity index is 2.43. The highest BCUT2D eigenvalue weighted by Crippen LogP contribution is 2.34. The quantitative estimate of drug-likeness (QED) is 0.538. The summed E-state index contributed by atoms with van der Waals surface area (Å²) in [7, 11) is 0. The van der Waals surface area contributed by atoms with Gasteiger partial charge in [-0.2, -0.15) is 0 Å². The minimum atomic E-state index is -0.489. The molecule has 27 heavy (non-hydrogen) atoms. The Kier molecular flexibility index (Phi) is 7.17. The lowest BCUT2D eigenvalue weighted by molar-refractivity contribution is -0.156. The van der Waals surface area contributed by atoms with Gasteiger partial charge in [0.25, 0.3) is 0 Å². The monoisotopic (exact) mass is 374 g/mol. The standard InChI is InChI=1S/C22H30O5/c1-13(2)21-19(26-16(5)23)10-15(4)8-6-7-14(3)9-18(24)11-17-12-20(21)27-22(17)25/h7-8,12-13,19-21H,6,9-11H2,1-5H3/b14-7?,15-8+/t19-,20-,21-/m1/s1. The highest BCUT2D eigenvalue weighted by molar-refractivity contribution is 5.98. The van der Waals surface area contributed by atoms with Crippen LogP contribution >= 0.6 is 0 Å². The van der Waals surface area contributed by atoms with Crippen LogP contribution in [0, 0.1) is 11.8 Å². The fourth-order valence-corrected chi connectivity index (χ4v) is 3.83. The first kappa shape index (κ1) is 21.1. The fourth-order valence-electron chi connectivity index (χ4n) is 3.83. The van der Waals surface area contributed by atoms with E-state index in [-0.39, 0.29) is 30.0 Å². The van der Waals surface area contributed by atoms with E-state index >= 15 is 0 Å². The van der Waals surface area contributed by atoms with Crippen molar-refractivity contribution in [3.05, 3.63) is 34.9 Å². The molecule has 3 atom stereocenters. The largest absolute Gasteiger partial charge is 0.462 e. The first-order valence-corrected chi connectivity index (χ1v) is 9.59. The lowest BCUT2D eigenvalue weighted by atomic mass is 9.82. The zero-order chi connectivity index (χ0) is 20.1. The minimum absolute atomic E-state index is 0.00277. The molecule has 1 heterocycles. The molecule has 5 heteroatoms. The lowest BCUT2D eigenvalue weighted by Crippen LogP contribution is -2.38. The van der Waals surface area contributed by atoms with Gasteiger partial charge in [0.05, 0.1) is 0 Å². The number of esters is 2. The van der Waals surface area contributed by atoms with Crippen molar-refractivity contribution in [1.29, 1.82) is 0 Å². The molecule has 0 saturated heterocycles. The number of ether oxygens (including phenoxy) is 2. The number of hydrogen-bond acceptors (Lipinski definition) is 5. The average Bonchev–Trinajstić information content (AvgIpc) is 2.85. The fraction of sp³-hybridized carbons (Fsp3) is 0.591. The summed E-state index contributed by atoms with van der Waals surface area (Å²) in [5, 5.41) is 0. The SMILES string of the molecule is CC(=O)O[C@@H]1C/C(C)=C/CC=C(C)CC(=O)CC2=C[C@@H](OC2=O)[C@@H]1C(C)C. The number of allylic oxidation sites excluding steroid dienone is 3. The van der Waals surface area contributed by atoms with Crippen molar-refractivity contribution >= 4 is 17.7 Å². The van der Waals surface area contributed by atoms with Crippen LogP contribution < -0.4 is 0 Å². The van der Waals surface area contributed by atoms with Crippen molar-refractivity contribution in [2.75, 3.05) is 0 Å². The third-order valence-corrected chi connectivity index (χ3v) is 5.09. The molecule has 1 aliphatic carbocycles. The normalized spacial score (nSPS) is 29.3. The molecule has 0 fully saturated rings. The van der Waals surface area contributed by atoms with Crippen LogP contribution in [0.3, 0.4) is 0 Å². The van der Waals surface area contributed by atoms with E-state index in [2.05, 4.69) is 6.08 Å². The van der Waals surface area contributed by atoms with Crippen LogP contribution in [0.5, 0.6) is 0 Å². The Morgan fingerprint density at radius 3 is 2.44 bits per heavy atom. The van der Waals surface area contributed by atoms with Gasteiger partial charge in [-0.25, -0.2) is 4.79 Å². The van der Waals surface area contributed by atoms with Gasteiger partial charge >= 0.3 is 11.9 Å². The number of carbonyl (C=O) groups excluding carboxylic acids is 3. The van der Waals surface area contributed by atoms with E-state index in [0.29, 0.717) is 18.4 Å². The second-order valence-corrected chi connectivity index (χ2v) is 7.96. The van der Waals surface area contributed by atoms with Crippen LogP contribution in [0.15, 0.2) is 34.9 Å². The van der Waals surface area contributed by atoms with Gasteiger partial charge in [-0.15, -0.1) is 0 Å². The number of carbonyl (C=O) groups is 3. The summed E-state index contributed by atoms with van der Waals surface area (Å²) >= 11 is 0. The Morgan fingerprint density at radius 1 is 1.15 bits per heavy atom. The molecule has 1 aliphatic heterocycles. The number of ketones is 1. The Morgan fingerprint density at radius 2 is 1.81 bits per heavy atom. The number of rotatable bonds is 2. The molecule has 0 saturated carbocycles. The molecule has 0 spiro atoms. The molecule has 5 nitrogen and oxygen atoms in total. The first-order chi connectivity index (χ1) is 12.7. The lowest BCUT2D eigenvalue weighted by Gasteiger charge is -2.33. The molecule has 2 rings (SSSR count). The molecule has 2 bridgehead atoms. The summed E-state index contributed by atoms with van der Waals surface area (Å²) in [6, 6.07) is 0. The second-order valence-electron chi connectivity index (χ2n) is 7.96. The zero-order valence-corrected chi connectivity index (χ0v) is 16.9. The van der Waals surface area contributed by atoms with Gasteiger partial charge in [-0.1, -0.05) is 37.1 Å². The van der Waals surface area contributed by atoms with E-state index in [4.69, 9.17) is 9.47 Å². The molecular weight excluding hydrogens is 344 g/mol. The van der Waals surface area contributed by atoms with E-state index in [9.17, 15) is 14.4 Å². The van der Waals surface area contributed by atoms with Crippen molar-refractivity contribution in [3.63, 3.8) is 0 Å². The molecule has 0 unspecified atom stereocenters. The Bertz CT molecular complexity index is 695. The maximum absolute atomic E-state index is 12.3. The Labute approximate surface area is 161 Å². The zero-order valence-electron chi connectivity index (χ0n) is 16.9. The molecule has 2 aliphatic rings. The topological polar surface area (TPSA) is 69.7 Å². The van der Waals surface area contributed by atoms with Gasteiger partial charge in [0.15, 0.2) is 0 Å². The number of Topliss-reactive ketones (excluding diaryl/α,β-unsaturated/α-hetero) is 1. The second kappa shape index (κ2) is 9.16. The summed E-state index contributed by atoms with van der Waals surface area (Å²) in [6.45, 7) is 9.39. The maximum atomic E-state index is 12.3. The molecule has 0 aromatic rings. The number of hydrogen-bond donors (Lipinski definition) is 0. The first-order valence-electron chi connectivity index (χ1n) is 9.59. The van der Waals surface area contributed by atoms with Gasteiger partial charge in [0, 0.05) is 37.7 Å². The van der Waals surface area contributed by atoms with E-state index in [0.717, 1.165) is 17.6 Å². The van der Waals surface area contributed by atoms with E-state index in [1.807, 2.05) is 33.8 Å². The summed E-state index contributed by atoms with van der Waals surface area (Å²) in [5.41, 5.74) is 2.50. The van der Waals surface area contributed by atoms with E-state index in [1.54, 1.807) is 6.08 Å². The van der Waals surface area contributed by atoms with Gasteiger partial charge in [0.2, 0.25) is 0 Å². The highest BCUT2D eigenvalue weighted by atomic mass is 16.6. The minimum Gasteiger partial charge on any atom is -0.462 e. The molecule has 0 aromatic carbocycles. The molecule has 0 amide bonds. The average molecular weight is 374 g/mol. The van der Waals surface area contributed by atoms with Crippen LogP contribution in [0.1, 0.15) is 60.3 Å². The van der Waals surface area contributed by atoms with Crippen molar-refractivity contribution in [1.82, 2.24) is 0 Å². The van der Waals surface area contributed by atoms with Gasteiger partial charge in [0.1, 0.15) is 18.0 Å². The summed E-state index contributed by atoms with van der Waals surface area (Å²) in [5.74, 6) is -0.832. The predicted octanol–water partition coefficient (Wildman–Crippen LogP) is 4.08.